The molecule has 0 amide bonds. The minimum absolute atomic E-state index is 0.0486. The lowest BCUT2D eigenvalue weighted by molar-refractivity contribution is 1.25. The number of nitrogens with one attached hydrogen (secondary N) is 2. The molecular formula is C16H15N3O. The molecule has 3 rings (SSSR count). The van der Waals surface area contributed by atoms with E-state index in [4.69, 9.17) is 0 Å². The topological polar surface area (TPSA) is 57.8 Å². The van der Waals surface area contributed by atoms with Crippen molar-refractivity contribution in [1.29, 1.82) is 0 Å². The summed E-state index contributed by atoms with van der Waals surface area (Å²) in [6.45, 7) is 3.95. The number of hydrogen-bond acceptors (Lipinski definition) is 3. The molecule has 0 saturated carbocycles. The van der Waals surface area contributed by atoms with Crippen LogP contribution in [0.25, 0.3) is 10.8 Å². The van der Waals surface area contributed by atoms with Gasteiger partial charge in [-0.05, 0) is 54.6 Å². The van der Waals surface area contributed by atoms with Crippen molar-refractivity contribution >= 4 is 22.3 Å². The average Bonchev–Trinajstić information content (AvgIpc) is 2.45. The highest BCUT2D eigenvalue weighted by atomic mass is 16.1. The van der Waals surface area contributed by atoms with Crippen LogP contribution in [0.3, 0.4) is 0 Å². The Morgan fingerprint density at radius 1 is 1.20 bits per heavy atom. The molecule has 4 nitrogen and oxygen atoms in total. The van der Waals surface area contributed by atoms with E-state index in [2.05, 4.69) is 15.3 Å². The van der Waals surface area contributed by atoms with Crippen LogP contribution in [0.2, 0.25) is 0 Å². The third-order valence-electron chi connectivity index (χ3n) is 3.45. The largest absolute Gasteiger partial charge is 0.340 e. The lowest BCUT2D eigenvalue weighted by atomic mass is 10.0. The molecule has 0 fully saturated rings. The SMILES string of the molecule is Cc1c(Nc2ccccn2)cc(C)c2c(=O)[nH]ccc12. The van der Waals surface area contributed by atoms with Crippen molar-refractivity contribution in [2.45, 2.75) is 13.8 Å². The van der Waals surface area contributed by atoms with E-state index in [1.807, 2.05) is 44.2 Å². The molecule has 4 heteroatoms. The Morgan fingerprint density at radius 3 is 2.80 bits per heavy atom. The number of aromatic nitrogens is 2. The summed E-state index contributed by atoms with van der Waals surface area (Å²) in [5.41, 5.74) is 2.92. The molecule has 0 atom stereocenters. The number of aryl methyl sites for hydroxylation is 2. The number of benzene rings is 1. The second-order valence-electron chi connectivity index (χ2n) is 4.80. The van der Waals surface area contributed by atoms with Crippen LogP contribution in [0.1, 0.15) is 11.1 Å². The van der Waals surface area contributed by atoms with E-state index in [0.29, 0.717) is 0 Å². The lowest BCUT2D eigenvalue weighted by Crippen LogP contribution is -2.08. The van der Waals surface area contributed by atoms with E-state index in [-0.39, 0.29) is 5.56 Å². The summed E-state index contributed by atoms with van der Waals surface area (Å²) < 4.78 is 0. The summed E-state index contributed by atoms with van der Waals surface area (Å²) in [5.74, 6) is 0.791. The Kier molecular flexibility index (Phi) is 2.99. The summed E-state index contributed by atoms with van der Waals surface area (Å²) in [5, 5.41) is 5.01. The van der Waals surface area contributed by atoms with Gasteiger partial charge in [-0.1, -0.05) is 6.07 Å². The standard InChI is InChI=1S/C16H15N3O/c1-10-9-13(19-14-5-3-4-7-17-14)11(2)12-6-8-18-16(20)15(10)12/h3-9H,1-2H3,(H,17,19)(H,18,20). The van der Waals surface area contributed by atoms with Crippen LogP contribution in [0.4, 0.5) is 11.5 Å². The molecule has 2 N–H and O–H groups in total. The number of aromatic amines is 1. The van der Waals surface area contributed by atoms with Crippen LogP contribution in [0.15, 0.2) is 47.5 Å². The minimum Gasteiger partial charge on any atom is -0.340 e. The summed E-state index contributed by atoms with van der Waals surface area (Å²) in [7, 11) is 0. The van der Waals surface area contributed by atoms with Gasteiger partial charge in [0.2, 0.25) is 0 Å². The summed E-state index contributed by atoms with van der Waals surface area (Å²) >= 11 is 0. The Balaban J connectivity index is 2.19. The fourth-order valence-electron chi connectivity index (χ4n) is 2.43. The van der Waals surface area contributed by atoms with Gasteiger partial charge in [-0.3, -0.25) is 4.79 Å². The maximum absolute atomic E-state index is 11.9. The minimum atomic E-state index is -0.0486. The third-order valence-corrected chi connectivity index (χ3v) is 3.45. The maximum atomic E-state index is 11.9. The van der Waals surface area contributed by atoms with Crippen molar-refractivity contribution in [1.82, 2.24) is 9.97 Å². The normalized spacial score (nSPS) is 10.7. The van der Waals surface area contributed by atoms with Crippen LogP contribution >= 0.6 is 0 Å². The van der Waals surface area contributed by atoms with Crippen molar-refractivity contribution in [2.24, 2.45) is 0 Å². The molecule has 2 aromatic heterocycles. The van der Waals surface area contributed by atoms with Gasteiger partial charge >= 0.3 is 0 Å². The van der Waals surface area contributed by atoms with E-state index in [1.54, 1.807) is 12.4 Å². The first-order valence-corrected chi connectivity index (χ1v) is 6.46. The van der Waals surface area contributed by atoms with Crippen LogP contribution in [-0.4, -0.2) is 9.97 Å². The monoisotopic (exact) mass is 265 g/mol. The van der Waals surface area contributed by atoms with Gasteiger partial charge in [0.25, 0.3) is 5.56 Å². The van der Waals surface area contributed by atoms with E-state index in [0.717, 1.165) is 33.4 Å². The van der Waals surface area contributed by atoms with Crippen LogP contribution < -0.4 is 10.9 Å². The molecule has 20 heavy (non-hydrogen) atoms. The van der Waals surface area contributed by atoms with Crippen molar-refractivity contribution in [3.63, 3.8) is 0 Å². The van der Waals surface area contributed by atoms with Crippen molar-refractivity contribution < 1.29 is 0 Å². The second kappa shape index (κ2) is 4.81. The van der Waals surface area contributed by atoms with Crippen LogP contribution in [0, 0.1) is 13.8 Å². The van der Waals surface area contributed by atoms with Crippen LogP contribution in [0.5, 0.6) is 0 Å². The number of H-pyrrole nitrogens is 1. The summed E-state index contributed by atoms with van der Waals surface area (Å²) in [6.07, 6.45) is 3.43. The molecule has 0 aliphatic heterocycles. The number of hydrogen-bond donors (Lipinski definition) is 2. The molecular weight excluding hydrogens is 250 g/mol. The molecule has 1 aromatic carbocycles. The zero-order chi connectivity index (χ0) is 14.1. The Morgan fingerprint density at radius 2 is 2.05 bits per heavy atom. The van der Waals surface area contributed by atoms with Crippen molar-refractivity contribution in [3.05, 3.63) is 64.2 Å². The van der Waals surface area contributed by atoms with Gasteiger partial charge in [0.15, 0.2) is 0 Å². The zero-order valence-electron chi connectivity index (χ0n) is 11.4. The highest BCUT2D eigenvalue weighted by Gasteiger charge is 2.09. The number of rotatable bonds is 2. The Hall–Kier alpha value is -2.62. The molecule has 0 radical (unpaired) electrons. The first-order valence-electron chi connectivity index (χ1n) is 6.46. The predicted octanol–water partition coefficient (Wildman–Crippen LogP) is 3.28. The van der Waals surface area contributed by atoms with Gasteiger partial charge in [-0.25, -0.2) is 4.98 Å². The fraction of sp³-hybridized carbons (Fsp3) is 0.125. The number of anilines is 2. The first kappa shape index (κ1) is 12.4. The second-order valence-corrected chi connectivity index (χ2v) is 4.80. The van der Waals surface area contributed by atoms with Crippen molar-refractivity contribution in [2.75, 3.05) is 5.32 Å². The molecule has 0 spiro atoms. The molecule has 0 aliphatic rings. The van der Waals surface area contributed by atoms with Gasteiger partial charge in [0.05, 0.1) is 5.39 Å². The highest BCUT2D eigenvalue weighted by molar-refractivity contribution is 5.92. The lowest BCUT2D eigenvalue weighted by Gasteiger charge is -2.13. The van der Waals surface area contributed by atoms with E-state index in [1.165, 1.54) is 0 Å². The highest BCUT2D eigenvalue weighted by Crippen LogP contribution is 2.28. The van der Waals surface area contributed by atoms with E-state index in [9.17, 15) is 4.79 Å². The van der Waals surface area contributed by atoms with Gasteiger partial charge < -0.3 is 10.3 Å². The number of fused-ring (bicyclic) bond motifs is 1. The molecule has 0 saturated heterocycles. The maximum Gasteiger partial charge on any atom is 0.256 e. The summed E-state index contributed by atoms with van der Waals surface area (Å²) in [6, 6.07) is 9.65. The average molecular weight is 265 g/mol. The van der Waals surface area contributed by atoms with Gasteiger partial charge in [-0.15, -0.1) is 0 Å². The quantitative estimate of drug-likeness (QED) is 0.747. The fourth-order valence-corrected chi connectivity index (χ4v) is 2.43. The van der Waals surface area contributed by atoms with Gasteiger partial charge in [-0.2, -0.15) is 0 Å². The molecule has 3 aromatic rings. The van der Waals surface area contributed by atoms with Gasteiger partial charge in [0.1, 0.15) is 5.82 Å². The molecule has 0 aliphatic carbocycles. The molecule has 2 heterocycles. The Bertz CT molecular complexity index is 822. The van der Waals surface area contributed by atoms with E-state index < -0.39 is 0 Å². The molecule has 0 unspecified atom stereocenters. The molecule has 0 bridgehead atoms. The van der Waals surface area contributed by atoms with E-state index >= 15 is 0 Å². The van der Waals surface area contributed by atoms with Gasteiger partial charge in [0, 0.05) is 18.1 Å². The predicted molar refractivity (Wildman–Crippen MR) is 81.6 cm³/mol. The van der Waals surface area contributed by atoms with Crippen molar-refractivity contribution in [3.8, 4) is 0 Å². The number of nitrogens with zero attached hydrogens (tertiary/aromatic N) is 1. The number of pyridine rings is 2. The zero-order valence-corrected chi connectivity index (χ0v) is 11.4. The first-order chi connectivity index (χ1) is 9.66. The smallest absolute Gasteiger partial charge is 0.256 e. The van der Waals surface area contributed by atoms with Crippen LogP contribution in [-0.2, 0) is 0 Å². The summed E-state index contributed by atoms with van der Waals surface area (Å²) in [4.78, 5) is 18.9. The third kappa shape index (κ3) is 2.05. The molecule has 100 valence electrons. The Labute approximate surface area is 116 Å².